The highest BCUT2D eigenvalue weighted by Gasteiger charge is 2.40. The molecule has 2 N–H and O–H groups in total. The summed E-state index contributed by atoms with van der Waals surface area (Å²) in [4.78, 5) is 24.3. The van der Waals surface area contributed by atoms with E-state index in [0.29, 0.717) is 18.9 Å². The number of carboxylic acid groups (broad SMARTS) is 1. The molecule has 1 saturated carbocycles. The molecule has 96 valence electrons. The minimum absolute atomic E-state index is 0.196. The summed E-state index contributed by atoms with van der Waals surface area (Å²) in [7, 11) is 0. The van der Waals surface area contributed by atoms with Crippen molar-refractivity contribution >= 4 is 12.0 Å². The Bertz CT molecular complexity index is 319. The second kappa shape index (κ2) is 4.94. The van der Waals surface area contributed by atoms with E-state index in [0.717, 1.165) is 25.7 Å². The molecule has 0 spiro atoms. The van der Waals surface area contributed by atoms with Crippen LogP contribution >= 0.6 is 0 Å². The predicted octanol–water partition coefficient (Wildman–Crippen LogP) is 1.43. The van der Waals surface area contributed by atoms with Crippen LogP contribution in [-0.2, 0) is 4.79 Å². The molecule has 3 atom stereocenters. The zero-order valence-corrected chi connectivity index (χ0v) is 10.2. The molecule has 2 fully saturated rings. The van der Waals surface area contributed by atoms with E-state index >= 15 is 0 Å². The Balaban J connectivity index is 1.82. The maximum absolute atomic E-state index is 11.9. The number of nitrogens with zero attached hydrogens (tertiary/aromatic N) is 1. The second-order valence-corrected chi connectivity index (χ2v) is 5.03. The van der Waals surface area contributed by atoms with E-state index in [1.807, 2.05) is 0 Å². The largest absolute Gasteiger partial charge is 0.480 e. The van der Waals surface area contributed by atoms with Crippen molar-refractivity contribution in [2.75, 3.05) is 6.54 Å². The number of hydrogen-bond donors (Lipinski definition) is 2. The van der Waals surface area contributed by atoms with Crippen molar-refractivity contribution in [3.63, 3.8) is 0 Å². The Labute approximate surface area is 101 Å². The van der Waals surface area contributed by atoms with Crippen LogP contribution in [0.2, 0.25) is 0 Å². The molecule has 0 aromatic carbocycles. The molecule has 0 aromatic rings. The monoisotopic (exact) mass is 240 g/mol. The summed E-state index contributed by atoms with van der Waals surface area (Å²) in [6.45, 7) is 2.70. The lowest BCUT2D eigenvalue weighted by molar-refractivity contribution is -0.141. The van der Waals surface area contributed by atoms with E-state index in [2.05, 4.69) is 12.2 Å². The summed E-state index contributed by atoms with van der Waals surface area (Å²) in [6.07, 6.45) is 4.69. The highest BCUT2D eigenvalue weighted by molar-refractivity contribution is 5.83. The molecule has 17 heavy (non-hydrogen) atoms. The minimum atomic E-state index is -0.890. The first-order valence-electron chi connectivity index (χ1n) is 6.43. The van der Waals surface area contributed by atoms with Gasteiger partial charge < -0.3 is 15.3 Å². The number of urea groups is 1. The zero-order valence-electron chi connectivity index (χ0n) is 10.2. The van der Waals surface area contributed by atoms with Gasteiger partial charge in [0.25, 0.3) is 0 Å². The third kappa shape index (κ3) is 2.70. The first-order chi connectivity index (χ1) is 8.13. The Morgan fingerprint density at radius 1 is 1.47 bits per heavy atom. The van der Waals surface area contributed by atoms with Crippen molar-refractivity contribution in [2.45, 2.75) is 51.1 Å². The summed E-state index contributed by atoms with van der Waals surface area (Å²) in [5.41, 5.74) is 0. The topological polar surface area (TPSA) is 69.6 Å². The van der Waals surface area contributed by atoms with Crippen LogP contribution in [0.4, 0.5) is 4.79 Å². The molecule has 0 aromatic heterocycles. The summed E-state index contributed by atoms with van der Waals surface area (Å²) < 4.78 is 0. The number of carbonyl (C=O) groups is 2. The fourth-order valence-corrected chi connectivity index (χ4v) is 2.62. The standard InChI is InChI=1S/C12H20N2O3/c1-2-4-8-7-9(8)13-12(17)14-6-3-5-10(14)11(15)16/h8-10H,2-7H2,1H3,(H,13,17)(H,15,16)/t8?,9?,10-/m1/s1. The number of nitrogens with one attached hydrogen (secondary N) is 1. The lowest BCUT2D eigenvalue weighted by Crippen LogP contribution is -2.46. The number of aliphatic carboxylic acids is 1. The third-order valence-corrected chi connectivity index (χ3v) is 3.69. The molecule has 5 heteroatoms. The fraction of sp³-hybridized carbons (Fsp3) is 0.833. The number of carboxylic acids is 1. The van der Waals surface area contributed by atoms with E-state index in [1.54, 1.807) is 0 Å². The van der Waals surface area contributed by atoms with Gasteiger partial charge in [0.15, 0.2) is 0 Å². The van der Waals surface area contributed by atoms with Crippen molar-refractivity contribution in [2.24, 2.45) is 5.92 Å². The zero-order chi connectivity index (χ0) is 12.4. The molecule has 2 amide bonds. The van der Waals surface area contributed by atoms with Gasteiger partial charge in [0, 0.05) is 12.6 Å². The second-order valence-electron chi connectivity index (χ2n) is 5.03. The van der Waals surface area contributed by atoms with Crippen molar-refractivity contribution in [1.29, 1.82) is 0 Å². The van der Waals surface area contributed by atoms with Crippen LogP contribution in [0.5, 0.6) is 0 Å². The molecule has 2 aliphatic rings. The quantitative estimate of drug-likeness (QED) is 0.781. The van der Waals surface area contributed by atoms with E-state index in [9.17, 15) is 9.59 Å². The maximum atomic E-state index is 11.9. The molecule has 2 unspecified atom stereocenters. The molecule has 2 rings (SSSR count). The SMILES string of the molecule is CCCC1CC1NC(=O)N1CCC[C@@H]1C(=O)O. The van der Waals surface area contributed by atoms with Gasteiger partial charge in [-0.3, -0.25) is 0 Å². The first kappa shape index (κ1) is 12.2. The van der Waals surface area contributed by atoms with Crippen molar-refractivity contribution < 1.29 is 14.7 Å². The average Bonchev–Trinajstić information content (AvgIpc) is 2.83. The Kier molecular flexibility index (Phi) is 3.54. The minimum Gasteiger partial charge on any atom is -0.480 e. The van der Waals surface area contributed by atoms with Gasteiger partial charge in [0.05, 0.1) is 0 Å². The molecule has 1 saturated heterocycles. The number of carbonyl (C=O) groups excluding carboxylic acids is 1. The van der Waals surface area contributed by atoms with Gasteiger partial charge in [-0.25, -0.2) is 9.59 Å². The van der Waals surface area contributed by atoms with E-state index < -0.39 is 12.0 Å². The van der Waals surface area contributed by atoms with Crippen LogP contribution in [0.15, 0.2) is 0 Å². The third-order valence-electron chi connectivity index (χ3n) is 3.69. The molecule has 1 aliphatic carbocycles. The van der Waals surface area contributed by atoms with Crippen molar-refractivity contribution in [1.82, 2.24) is 10.2 Å². The van der Waals surface area contributed by atoms with Crippen LogP contribution in [0.3, 0.4) is 0 Å². The van der Waals surface area contributed by atoms with Crippen LogP contribution in [0.25, 0.3) is 0 Å². The van der Waals surface area contributed by atoms with E-state index in [4.69, 9.17) is 5.11 Å². The van der Waals surface area contributed by atoms with E-state index in [-0.39, 0.29) is 12.1 Å². The summed E-state index contributed by atoms with van der Waals surface area (Å²) >= 11 is 0. The molecular weight excluding hydrogens is 220 g/mol. The Morgan fingerprint density at radius 2 is 2.24 bits per heavy atom. The fourth-order valence-electron chi connectivity index (χ4n) is 2.62. The maximum Gasteiger partial charge on any atom is 0.326 e. The Morgan fingerprint density at radius 3 is 2.88 bits per heavy atom. The summed E-state index contributed by atoms with van der Waals surface area (Å²) in [5.74, 6) is -0.284. The summed E-state index contributed by atoms with van der Waals surface area (Å²) in [6, 6.07) is -0.547. The van der Waals surface area contributed by atoms with Crippen LogP contribution < -0.4 is 5.32 Å². The van der Waals surface area contributed by atoms with Crippen LogP contribution in [0, 0.1) is 5.92 Å². The highest BCUT2D eigenvalue weighted by Crippen LogP contribution is 2.34. The molecular formula is C12H20N2O3. The Hall–Kier alpha value is -1.26. The lowest BCUT2D eigenvalue weighted by Gasteiger charge is -2.21. The van der Waals surface area contributed by atoms with Gasteiger partial charge in [0.2, 0.25) is 0 Å². The van der Waals surface area contributed by atoms with Crippen molar-refractivity contribution in [3.05, 3.63) is 0 Å². The van der Waals surface area contributed by atoms with Gasteiger partial charge in [-0.2, -0.15) is 0 Å². The number of likely N-dealkylation sites (tertiary alicyclic amines) is 1. The predicted molar refractivity (Wildman–Crippen MR) is 62.7 cm³/mol. The summed E-state index contributed by atoms with van der Waals surface area (Å²) in [5, 5.41) is 11.9. The molecule has 1 heterocycles. The van der Waals surface area contributed by atoms with Gasteiger partial charge in [-0.15, -0.1) is 0 Å². The molecule has 0 bridgehead atoms. The van der Waals surface area contributed by atoms with Crippen LogP contribution in [-0.4, -0.2) is 40.6 Å². The number of amides is 2. The lowest BCUT2D eigenvalue weighted by atomic mass is 10.2. The van der Waals surface area contributed by atoms with Crippen LogP contribution in [0.1, 0.15) is 39.0 Å². The number of rotatable bonds is 4. The highest BCUT2D eigenvalue weighted by atomic mass is 16.4. The van der Waals surface area contributed by atoms with Crippen molar-refractivity contribution in [3.8, 4) is 0 Å². The smallest absolute Gasteiger partial charge is 0.326 e. The molecule has 1 aliphatic heterocycles. The van der Waals surface area contributed by atoms with Gasteiger partial charge in [-0.1, -0.05) is 13.3 Å². The number of hydrogen-bond acceptors (Lipinski definition) is 2. The van der Waals surface area contributed by atoms with Gasteiger partial charge >= 0.3 is 12.0 Å². The van der Waals surface area contributed by atoms with Gasteiger partial charge in [0.1, 0.15) is 6.04 Å². The normalized spacial score (nSPS) is 31.4. The average molecular weight is 240 g/mol. The first-order valence-corrected chi connectivity index (χ1v) is 6.43. The van der Waals surface area contributed by atoms with E-state index in [1.165, 1.54) is 4.90 Å². The molecule has 5 nitrogen and oxygen atoms in total. The molecule has 0 radical (unpaired) electrons. The van der Waals surface area contributed by atoms with Gasteiger partial charge in [-0.05, 0) is 31.6 Å².